The zero-order valence-corrected chi connectivity index (χ0v) is 12.0. The first-order valence-corrected chi connectivity index (χ1v) is 6.53. The lowest BCUT2D eigenvalue weighted by Crippen LogP contribution is -2.07. The van der Waals surface area contributed by atoms with Crippen molar-refractivity contribution in [2.24, 2.45) is 0 Å². The Kier molecular flexibility index (Phi) is 6.08. The molecule has 0 aliphatic rings. The molecule has 0 radical (unpaired) electrons. The van der Waals surface area contributed by atoms with Crippen molar-refractivity contribution in [3.8, 4) is 6.07 Å². The molecule has 0 bridgehead atoms. The summed E-state index contributed by atoms with van der Waals surface area (Å²) in [6.45, 7) is 3.83. The fourth-order valence-electron chi connectivity index (χ4n) is 1.60. The first-order valence-electron chi connectivity index (χ1n) is 6.53. The quantitative estimate of drug-likeness (QED) is 0.200. The molecule has 110 valence electrons. The molecular formula is C15H16N2O4. The summed E-state index contributed by atoms with van der Waals surface area (Å²) in [5.41, 5.74) is 0.696. The summed E-state index contributed by atoms with van der Waals surface area (Å²) in [7, 11) is 0. The van der Waals surface area contributed by atoms with Gasteiger partial charge in [0.1, 0.15) is 11.6 Å². The number of nitro groups is 1. The number of ether oxygens (including phenoxy) is 1. The number of esters is 1. The molecule has 0 atom stereocenters. The van der Waals surface area contributed by atoms with Crippen LogP contribution >= 0.6 is 0 Å². The number of nitro benzene ring substituents is 1. The minimum Gasteiger partial charge on any atom is -0.462 e. The Balaban J connectivity index is 2.98. The highest BCUT2D eigenvalue weighted by molar-refractivity contribution is 5.97. The fourth-order valence-corrected chi connectivity index (χ4v) is 1.60. The lowest BCUT2D eigenvalue weighted by Gasteiger charge is -2.03. The maximum Gasteiger partial charge on any atom is 0.348 e. The lowest BCUT2D eigenvalue weighted by atomic mass is 10.1. The van der Waals surface area contributed by atoms with Crippen LogP contribution in [0.5, 0.6) is 0 Å². The standard InChI is InChI=1S/C15H16N2O4/c1-3-4-7-21-15(18)13(10-16)8-12-6-5-11(2)14(9-12)17(19)20/h5-6,8-9H,3-4,7H2,1-2H3/b13-8+. The Bertz CT molecular complexity index is 615. The molecule has 0 saturated carbocycles. The number of rotatable bonds is 6. The molecule has 0 amide bonds. The van der Waals surface area contributed by atoms with Gasteiger partial charge >= 0.3 is 5.97 Å². The van der Waals surface area contributed by atoms with E-state index < -0.39 is 10.9 Å². The molecule has 0 aliphatic heterocycles. The van der Waals surface area contributed by atoms with Crippen molar-refractivity contribution in [1.29, 1.82) is 5.26 Å². The molecule has 1 aromatic rings. The number of nitriles is 1. The normalized spacial score (nSPS) is 10.8. The van der Waals surface area contributed by atoms with Gasteiger partial charge in [-0.25, -0.2) is 4.79 Å². The van der Waals surface area contributed by atoms with Crippen LogP contribution in [0.25, 0.3) is 6.08 Å². The number of carbonyl (C=O) groups is 1. The van der Waals surface area contributed by atoms with E-state index in [1.165, 1.54) is 12.1 Å². The summed E-state index contributed by atoms with van der Waals surface area (Å²) < 4.78 is 4.95. The zero-order valence-electron chi connectivity index (χ0n) is 12.0. The molecule has 21 heavy (non-hydrogen) atoms. The SMILES string of the molecule is CCCCOC(=O)/C(C#N)=C/c1ccc(C)c([N+](=O)[O-])c1. The summed E-state index contributed by atoms with van der Waals surface area (Å²) in [4.78, 5) is 22.1. The minimum absolute atomic E-state index is 0.0552. The van der Waals surface area contributed by atoms with Gasteiger partial charge in [0.15, 0.2) is 0 Å². The van der Waals surface area contributed by atoms with Crippen LogP contribution < -0.4 is 0 Å². The molecule has 6 nitrogen and oxygen atoms in total. The number of benzene rings is 1. The molecule has 1 rings (SSSR count). The van der Waals surface area contributed by atoms with Crippen LogP contribution in [0.1, 0.15) is 30.9 Å². The van der Waals surface area contributed by atoms with Gasteiger partial charge in [0.05, 0.1) is 11.5 Å². The van der Waals surface area contributed by atoms with Gasteiger partial charge in [0.2, 0.25) is 0 Å². The van der Waals surface area contributed by atoms with Crippen LogP contribution in [0.15, 0.2) is 23.8 Å². The van der Waals surface area contributed by atoms with E-state index >= 15 is 0 Å². The molecule has 6 heteroatoms. The zero-order chi connectivity index (χ0) is 15.8. The van der Waals surface area contributed by atoms with E-state index in [2.05, 4.69) is 0 Å². The van der Waals surface area contributed by atoms with E-state index in [0.717, 1.165) is 12.8 Å². The van der Waals surface area contributed by atoms with Crippen LogP contribution in [0.2, 0.25) is 0 Å². The molecule has 0 heterocycles. The van der Waals surface area contributed by atoms with Crippen LogP contribution in [-0.4, -0.2) is 17.5 Å². The Labute approximate surface area is 122 Å². The molecule has 0 aliphatic carbocycles. The smallest absolute Gasteiger partial charge is 0.348 e. The highest BCUT2D eigenvalue weighted by Gasteiger charge is 2.13. The number of nitrogens with zero attached hydrogens (tertiary/aromatic N) is 2. The van der Waals surface area contributed by atoms with Crippen molar-refractivity contribution in [2.45, 2.75) is 26.7 Å². The van der Waals surface area contributed by atoms with Crippen LogP contribution in [0.4, 0.5) is 5.69 Å². The molecule has 0 unspecified atom stereocenters. The molecule has 0 N–H and O–H groups in total. The highest BCUT2D eigenvalue weighted by Crippen LogP contribution is 2.21. The summed E-state index contributed by atoms with van der Waals surface area (Å²) >= 11 is 0. The van der Waals surface area contributed by atoms with Crippen molar-refractivity contribution in [3.63, 3.8) is 0 Å². The maximum absolute atomic E-state index is 11.7. The molecule has 0 fully saturated rings. The summed E-state index contributed by atoms with van der Waals surface area (Å²) in [6.07, 6.45) is 2.89. The second-order valence-corrected chi connectivity index (χ2v) is 4.46. The molecule has 1 aromatic carbocycles. The van der Waals surface area contributed by atoms with E-state index in [-0.39, 0.29) is 17.9 Å². The van der Waals surface area contributed by atoms with Gasteiger partial charge in [-0.2, -0.15) is 5.26 Å². The molecular weight excluding hydrogens is 272 g/mol. The third-order valence-electron chi connectivity index (χ3n) is 2.81. The number of unbranched alkanes of at least 4 members (excludes halogenated alkanes) is 1. The van der Waals surface area contributed by atoms with Crippen molar-refractivity contribution >= 4 is 17.7 Å². The average molecular weight is 288 g/mol. The van der Waals surface area contributed by atoms with E-state index in [4.69, 9.17) is 10.00 Å². The van der Waals surface area contributed by atoms with Gasteiger partial charge in [-0.05, 0) is 25.0 Å². The number of hydrogen-bond donors (Lipinski definition) is 0. The largest absolute Gasteiger partial charge is 0.462 e. The first kappa shape index (κ1) is 16.4. The topological polar surface area (TPSA) is 93.2 Å². The summed E-state index contributed by atoms with van der Waals surface area (Å²) in [5, 5.41) is 19.9. The highest BCUT2D eigenvalue weighted by atomic mass is 16.6. The van der Waals surface area contributed by atoms with E-state index in [1.807, 2.05) is 6.92 Å². The predicted molar refractivity (Wildman–Crippen MR) is 77.3 cm³/mol. The summed E-state index contributed by atoms with van der Waals surface area (Å²) in [5.74, 6) is -0.714. The Hall–Kier alpha value is -2.68. The average Bonchev–Trinajstić information content (AvgIpc) is 2.46. The van der Waals surface area contributed by atoms with Gasteiger partial charge in [-0.15, -0.1) is 0 Å². The predicted octanol–water partition coefficient (Wildman–Crippen LogP) is 3.15. The lowest BCUT2D eigenvalue weighted by molar-refractivity contribution is -0.385. The van der Waals surface area contributed by atoms with Gasteiger partial charge in [0.25, 0.3) is 5.69 Å². The minimum atomic E-state index is -0.714. The van der Waals surface area contributed by atoms with Crippen LogP contribution in [-0.2, 0) is 9.53 Å². The maximum atomic E-state index is 11.7. The molecule has 0 aromatic heterocycles. The fraction of sp³-hybridized carbons (Fsp3) is 0.333. The Morgan fingerprint density at radius 2 is 2.24 bits per heavy atom. The van der Waals surface area contributed by atoms with Gasteiger partial charge < -0.3 is 4.74 Å². The third-order valence-corrected chi connectivity index (χ3v) is 2.81. The van der Waals surface area contributed by atoms with Gasteiger partial charge in [-0.3, -0.25) is 10.1 Å². The molecule has 0 saturated heterocycles. The second kappa shape index (κ2) is 7.80. The first-order chi connectivity index (χ1) is 9.99. The van der Waals surface area contributed by atoms with Gasteiger partial charge in [0, 0.05) is 11.6 Å². The summed E-state index contributed by atoms with van der Waals surface area (Å²) in [6, 6.07) is 6.26. The van der Waals surface area contributed by atoms with E-state index in [9.17, 15) is 14.9 Å². The van der Waals surface area contributed by atoms with E-state index in [0.29, 0.717) is 11.1 Å². The Morgan fingerprint density at radius 1 is 1.52 bits per heavy atom. The number of hydrogen-bond acceptors (Lipinski definition) is 5. The Morgan fingerprint density at radius 3 is 2.81 bits per heavy atom. The van der Waals surface area contributed by atoms with Crippen molar-refractivity contribution < 1.29 is 14.5 Å². The van der Waals surface area contributed by atoms with Crippen LogP contribution in [0.3, 0.4) is 0 Å². The van der Waals surface area contributed by atoms with Crippen molar-refractivity contribution in [2.75, 3.05) is 6.61 Å². The van der Waals surface area contributed by atoms with Gasteiger partial charge in [-0.1, -0.05) is 25.5 Å². The second-order valence-electron chi connectivity index (χ2n) is 4.46. The van der Waals surface area contributed by atoms with Crippen LogP contribution in [0, 0.1) is 28.4 Å². The third kappa shape index (κ3) is 4.73. The number of carbonyl (C=O) groups excluding carboxylic acids is 1. The monoisotopic (exact) mass is 288 g/mol. The number of aryl methyl sites for hydroxylation is 1. The molecule has 0 spiro atoms. The van der Waals surface area contributed by atoms with E-state index in [1.54, 1.807) is 25.1 Å². The van der Waals surface area contributed by atoms with Crippen molar-refractivity contribution in [1.82, 2.24) is 0 Å². The van der Waals surface area contributed by atoms with Crippen molar-refractivity contribution in [3.05, 3.63) is 45.0 Å².